The lowest BCUT2D eigenvalue weighted by Gasteiger charge is -2.42. The van der Waals surface area contributed by atoms with Crippen molar-refractivity contribution in [1.29, 1.82) is 0 Å². The average Bonchev–Trinajstić information content (AvgIpc) is 3.02. The average molecular weight is 371 g/mol. The minimum absolute atomic E-state index is 0.168. The van der Waals surface area contributed by atoms with Gasteiger partial charge in [0.1, 0.15) is 0 Å². The molecule has 2 aromatic rings. The first-order valence-electron chi connectivity index (χ1n) is 9.87. The van der Waals surface area contributed by atoms with Crippen LogP contribution in [0.4, 0.5) is 0 Å². The fourth-order valence-corrected chi connectivity index (χ4v) is 4.60. The molecule has 0 radical (unpaired) electrons. The summed E-state index contributed by atoms with van der Waals surface area (Å²) >= 11 is 6.35. The largest absolute Gasteiger partial charge is 0.309 e. The van der Waals surface area contributed by atoms with Crippen molar-refractivity contribution in [2.24, 2.45) is 0 Å². The zero-order chi connectivity index (χ0) is 18.7. The van der Waals surface area contributed by atoms with E-state index in [9.17, 15) is 0 Å². The monoisotopic (exact) mass is 370 g/mol. The summed E-state index contributed by atoms with van der Waals surface area (Å²) in [5.41, 5.74) is 4.46. The summed E-state index contributed by atoms with van der Waals surface area (Å²) in [6, 6.07) is 17.8. The topological polar surface area (TPSA) is 15.3 Å². The highest BCUT2D eigenvalue weighted by atomic mass is 35.5. The Morgan fingerprint density at radius 1 is 1.04 bits per heavy atom. The first-order valence-corrected chi connectivity index (χ1v) is 10.2. The van der Waals surface area contributed by atoms with Gasteiger partial charge in [0.15, 0.2) is 0 Å². The van der Waals surface area contributed by atoms with Crippen LogP contribution in [-0.4, -0.2) is 30.1 Å². The molecular formula is C23H31ClN2. The van der Waals surface area contributed by atoms with E-state index in [2.05, 4.69) is 66.5 Å². The van der Waals surface area contributed by atoms with Crippen LogP contribution in [0.3, 0.4) is 0 Å². The summed E-state index contributed by atoms with van der Waals surface area (Å²) in [5, 5.41) is 4.47. The number of rotatable bonds is 2. The van der Waals surface area contributed by atoms with E-state index in [1.54, 1.807) is 0 Å². The smallest absolute Gasteiger partial charge is 0.0409 e. The Morgan fingerprint density at radius 3 is 2.46 bits per heavy atom. The maximum atomic E-state index is 6.35. The molecule has 0 spiro atoms. The van der Waals surface area contributed by atoms with E-state index in [-0.39, 0.29) is 5.54 Å². The van der Waals surface area contributed by atoms with E-state index in [4.69, 9.17) is 11.6 Å². The second-order valence-electron chi connectivity index (χ2n) is 7.77. The molecule has 140 valence electrons. The lowest BCUT2D eigenvalue weighted by Crippen LogP contribution is -2.57. The molecule has 0 bridgehead atoms. The molecule has 3 heteroatoms. The summed E-state index contributed by atoms with van der Waals surface area (Å²) in [6.07, 6.45) is 1.15. The van der Waals surface area contributed by atoms with E-state index in [1.165, 1.54) is 16.7 Å². The van der Waals surface area contributed by atoms with Crippen molar-refractivity contribution in [3.63, 3.8) is 0 Å². The fourth-order valence-electron chi connectivity index (χ4n) is 4.42. The highest BCUT2D eigenvalue weighted by molar-refractivity contribution is 6.30. The van der Waals surface area contributed by atoms with E-state index < -0.39 is 0 Å². The predicted octanol–water partition coefficient (Wildman–Crippen LogP) is 5.63. The van der Waals surface area contributed by atoms with Crippen molar-refractivity contribution in [3.05, 3.63) is 70.2 Å². The van der Waals surface area contributed by atoms with Gasteiger partial charge < -0.3 is 5.32 Å². The second-order valence-corrected chi connectivity index (χ2v) is 8.21. The Labute approximate surface area is 163 Å². The minimum atomic E-state index is 0.168. The quantitative estimate of drug-likeness (QED) is 0.737. The van der Waals surface area contributed by atoms with Gasteiger partial charge in [-0.3, -0.25) is 4.90 Å². The highest BCUT2D eigenvalue weighted by Gasteiger charge is 2.38. The number of benzene rings is 2. The van der Waals surface area contributed by atoms with Gasteiger partial charge in [0.25, 0.3) is 0 Å². The van der Waals surface area contributed by atoms with Crippen molar-refractivity contribution in [1.82, 2.24) is 10.2 Å². The molecule has 1 aliphatic carbocycles. The van der Waals surface area contributed by atoms with Crippen LogP contribution in [0.25, 0.3) is 0 Å². The van der Waals surface area contributed by atoms with Crippen LogP contribution in [0.15, 0.2) is 48.5 Å². The van der Waals surface area contributed by atoms with Gasteiger partial charge in [-0.1, -0.05) is 61.8 Å². The van der Waals surface area contributed by atoms with Crippen molar-refractivity contribution in [2.45, 2.75) is 51.6 Å². The minimum Gasteiger partial charge on any atom is -0.309 e. The third kappa shape index (κ3) is 3.98. The summed E-state index contributed by atoms with van der Waals surface area (Å²) in [4.78, 5) is 2.65. The third-order valence-electron chi connectivity index (χ3n) is 5.49. The molecule has 0 saturated carbocycles. The fraction of sp³-hybridized carbons (Fsp3) is 0.478. The first-order chi connectivity index (χ1) is 12.5. The molecule has 4 rings (SSSR count). The molecule has 1 heterocycles. The zero-order valence-corrected chi connectivity index (χ0v) is 17.2. The lowest BCUT2D eigenvalue weighted by atomic mass is 9.93. The van der Waals surface area contributed by atoms with E-state index in [0.29, 0.717) is 12.0 Å². The summed E-state index contributed by atoms with van der Waals surface area (Å²) < 4.78 is 0. The molecular weight excluding hydrogens is 340 g/mol. The third-order valence-corrected chi connectivity index (χ3v) is 5.72. The predicted molar refractivity (Wildman–Crippen MR) is 112 cm³/mol. The second kappa shape index (κ2) is 8.12. The van der Waals surface area contributed by atoms with E-state index in [0.717, 1.165) is 31.1 Å². The summed E-state index contributed by atoms with van der Waals surface area (Å²) in [7, 11) is 0. The maximum Gasteiger partial charge on any atom is 0.0409 e. The zero-order valence-electron chi connectivity index (χ0n) is 16.4. The summed E-state index contributed by atoms with van der Waals surface area (Å²) in [5.74, 6) is 0.474. The molecule has 1 aliphatic heterocycles. The number of hydrogen-bond donors (Lipinski definition) is 1. The number of fused-ring (bicyclic) bond motifs is 1. The Kier molecular flexibility index (Phi) is 6.06. The van der Waals surface area contributed by atoms with Gasteiger partial charge in [-0.25, -0.2) is 0 Å². The lowest BCUT2D eigenvalue weighted by molar-refractivity contribution is 0.107. The van der Waals surface area contributed by atoms with Crippen LogP contribution in [-0.2, 0) is 0 Å². The van der Waals surface area contributed by atoms with Gasteiger partial charge in [0, 0.05) is 42.2 Å². The molecule has 1 fully saturated rings. The number of piperazine rings is 1. The van der Waals surface area contributed by atoms with E-state index >= 15 is 0 Å². The molecule has 2 aliphatic rings. The first kappa shape index (κ1) is 19.4. The number of halogens is 1. The van der Waals surface area contributed by atoms with Crippen LogP contribution in [0.1, 0.15) is 62.8 Å². The molecule has 2 aromatic carbocycles. The molecule has 1 saturated heterocycles. The Bertz CT molecular complexity index is 726. The van der Waals surface area contributed by atoms with Gasteiger partial charge in [-0.15, -0.1) is 0 Å². The molecule has 0 aromatic heterocycles. The van der Waals surface area contributed by atoms with Crippen LogP contribution >= 0.6 is 11.6 Å². The number of nitrogens with zero attached hydrogens (tertiary/aromatic N) is 1. The number of hydrogen-bond acceptors (Lipinski definition) is 2. The Balaban J connectivity index is 0.000000948. The Hall–Kier alpha value is -1.35. The van der Waals surface area contributed by atoms with Gasteiger partial charge in [0.2, 0.25) is 0 Å². The molecule has 0 amide bonds. The van der Waals surface area contributed by atoms with Gasteiger partial charge in [-0.2, -0.15) is 0 Å². The highest BCUT2D eigenvalue weighted by Crippen LogP contribution is 2.47. The van der Waals surface area contributed by atoms with Gasteiger partial charge in [-0.05, 0) is 49.1 Å². The molecule has 2 atom stereocenters. The van der Waals surface area contributed by atoms with Crippen LogP contribution < -0.4 is 5.32 Å². The Morgan fingerprint density at radius 2 is 1.77 bits per heavy atom. The van der Waals surface area contributed by atoms with Gasteiger partial charge in [0.05, 0.1) is 0 Å². The van der Waals surface area contributed by atoms with Gasteiger partial charge >= 0.3 is 0 Å². The van der Waals surface area contributed by atoms with Crippen molar-refractivity contribution in [3.8, 4) is 0 Å². The molecule has 1 unspecified atom stereocenters. The molecule has 2 nitrogen and oxygen atoms in total. The maximum absolute atomic E-state index is 6.35. The summed E-state index contributed by atoms with van der Waals surface area (Å²) in [6.45, 7) is 11.8. The number of nitrogens with one attached hydrogen (secondary N) is 1. The van der Waals surface area contributed by atoms with Crippen LogP contribution in [0, 0.1) is 0 Å². The van der Waals surface area contributed by atoms with Crippen molar-refractivity contribution < 1.29 is 0 Å². The van der Waals surface area contributed by atoms with E-state index in [1.807, 2.05) is 19.9 Å². The molecule has 1 N–H and O–H groups in total. The normalized spacial score (nSPS) is 24.5. The molecule has 26 heavy (non-hydrogen) atoms. The van der Waals surface area contributed by atoms with Crippen LogP contribution in [0.5, 0.6) is 0 Å². The van der Waals surface area contributed by atoms with Crippen molar-refractivity contribution in [2.75, 3.05) is 19.6 Å². The van der Waals surface area contributed by atoms with Crippen LogP contribution in [0.2, 0.25) is 5.02 Å². The van der Waals surface area contributed by atoms with Crippen molar-refractivity contribution >= 4 is 11.6 Å². The SMILES string of the molecule is CC.CC1(C)CN([C@@H]2CC(c3ccccc3)c3ccc(Cl)cc32)CCN1. The standard InChI is InChI=1S/C21H25ClN2.C2H6/c1-21(2)14-24(11-10-23-21)20-13-18(15-6-4-3-5-7-15)17-9-8-16(22)12-19(17)20;1-2/h3-9,12,18,20,23H,10-11,13-14H2,1-2H3;1-2H3/t18?,20-;/m1./s1.